The molecule has 2 unspecified atom stereocenters. The summed E-state index contributed by atoms with van der Waals surface area (Å²) in [6, 6.07) is 4.35. The molecular weight excluding hydrogens is 318 g/mol. The van der Waals surface area contributed by atoms with Crippen molar-refractivity contribution < 1.29 is 14.6 Å². The lowest BCUT2D eigenvalue weighted by atomic mass is 9.94. The quantitative estimate of drug-likeness (QED) is 0.695. The van der Waals surface area contributed by atoms with E-state index in [1.807, 2.05) is 0 Å². The van der Waals surface area contributed by atoms with E-state index in [1.54, 1.807) is 0 Å². The first-order chi connectivity index (χ1) is 9.81. The predicted molar refractivity (Wildman–Crippen MR) is 80.0 cm³/mol. The van der Waals surface area contributed by atoms with Crippen LogP contribution in [0.25, 0.3) is 0 Å². The molecule has 112 valence electrons. The van der Waals surface area contributed by atoms with Crippen molar-refractivity contribution in [2.75, 3.05) is 0 Å². The number of nitrogens with two attached hydrogens (primary N) is 2. The van der Waals surface area contributed by atoms with Crippen LogP contribution in [0.15, 0.2) is 30.3 Å². The van der Waals surface area contributed by atoms with E-state index in [0.29, 0.717) is 5.56 Å². The highest BCUT2D eigenvalue weighted by Gasteiger charge is 2.25. The molecule has 0 heterocycles. The molecule has 7 heteroatoms. The molecule has 21 heavy (non-hydrogen) atoms. The molecule has 2 aromatic carbocycles. The van der Waals surface area contributed by atoms with Crippen LogP contribution in [-0.4, -0.2) is 10.2 Å². The molecule has 2 atom stereocenters. The van der Waals surface area contributed by atoms with Gasteiger partial charge in [0.15, 0.2) is 0 Å². The minimum absolute atomic E-state index is 0.106. The molecule has 0 aliphatic rings. The van der Waals surface area contributed by atoms with Gasteiger partial charge in [0.25, 0.3) is 0 Å². The van der Waals surface area contributed by atoms with Gasteiger partial charge < -0.3 is 21.7 Å². The van der Waals surface area contributed by atoms with Crippen molar-refractivity contribution in [1.29, 1.82) is 0 Å². The molecule has 0 fully saturated rings. The lowest BCUT2D eigenvalue weighted by molar-refractivity contribution is 0.462. The number of phenolic OH excluding ortho intramolecular Hbond substituents is 2. The number of hydrogen-bond donors (Lipinski definition) is 4. The summed E-state index contributed by atoms with van der Waals surface area (Å²) in [6.45, 7) is 0. The van der Waals surface area contributed by atoms with Gasteiger partial charge in [-0.1, -0.05) is 29.3 Å². The largest absolute Gasteiger partial charge is 0.508 e. The molecule has 0 spiro atoms. The second-order valence-electron chi connectivity index (χ2n) is 4.58. The summed E-state index contributed by atoms with van der Waals surface area (Å²) in [5, 5.41) is 18.9. The van der Waals surface area contributed by atoms with E-state index in [-0.39, 0.29) is 27.1 Å². The highest BCUT2D eigenvalue weighted by Crippen LogP contribution is 2.38. The Morgan fingerprint density at radius 1 is 0.905 bits per heavy atom. The van der Waals surface area contributed by atoms with Gasteiger partial charge in [-0.05, 0) is 18.2 Å². The van der Waals surface area contributed by atoms with Gasteiger partial charge in [0.1, 0.15) is 17.3 Å². The zero-order valence-corrected chi connectivity index (χ0v) is 12.2. The molecule has 0 amide bonds. The molecule has 0 aliphatic carbocycles. The maximum absolute atomic E-state index is 13.8. The molecule has 2 aromatic rings. The number of phenols is 2. The fourth-order valence-corrected chi connectivity index (χ4v) is 2.78. The third-order valence-corrected chi connectivity index (χ3v) is 3.75. The summed E-state index contributed by atoms with van der Waals surface area (Å²) in [5.74, 6) is -0.993. The maximum Gasteiger partial charge on any atom is 0.131 e. The Balaban J connectivity index is 2.42. The van der Waals surface area contributed by atoms with Crippen LogP contribution in [-0.2, 0) is 0 Å². The van der Waals surface area contributed by atoms with E-state index in [9.17, 15) is 14.6 Å². The second-order valence-corrected chi connectivity index (χ2v) is 5.39. The summed E-state index contributed by atoms with van der Waals surface area (Å²) < 4.78 is 13.8. The Hall–Kier alpha value is -1.53. The molecule has 0 saturated heterocycles. The van der Waals surface area contributed by atoms with Crippen LogP contribution in [0.4, 0.5) is 4.39 Å². The summed E-state index contributed by atoms with van der Waals surface area (Å²) in [5.41, 5.74) is 12.4. The first-order valence-corrected chi connectivity index (χ1v) is 6.74. The van der Waals surface area contributed by atoms with Gasteiger partial charge in [-0.3, -0.25) is 0 Å². The summed E-state index contributed by atoms with van der Waals surface area (Å²) in [6.07, 6.45) is 0. The molecule has 0 bridgehead atoms. The average molecular weight is 331 g/mol. The minimum atomic E-state index is -0.926. The van der Waals surface area contributed by atoms with Crippen LogP contribution >= 0.6 is 23.2 Å². The first kappa shape index (κ1) is 15.9. The Morgan fingerprint density at radius 3 is 2.00 bits per heavy atom. The van der Waals surface area contributed by atoms with E-state index in [1.165, 1.54) is 24.3 Å². The standard InChI is InChI=1S/C14H13Cl2FN2O2/c15-9-3-7(21)4-10(16)12(9)14(19)13(18)8-2-1-6(20)5-11(8)17/h1-5,13-14,20-21H,18-19H2. The number of aromatic hydroxyl groups is 2. The summed E-state index contributed by atoms with van der Waals surface area (Å²) >= 11 is 12.0. The Kier molecular flexibility index (Phi) is 4.58. The van der Waals surface area contributed by atoms with Crippen molar-refractivity contribution >= 4 is 23.2 Å². The number of hydrogen-bond acceptors (Lipinski definition) is 4. The van der Waals surface area contributed by atoms with Crippen molar-refractivity contribution in [3.63, 3.8) is 0 Å². The van der Waals surface area contributed by atoms with Gasteiger partial charge in [-0.25, -0.2) is 4.39 Å². The fourth-order valence-electron chi connectivity index (χ4n) is 2.05. The highest BCUT2D eigenvalue weighted by atomic mass is 35.5. The molecule has 0 radical (unpaired) electrons. The van der Waals surface area contributed by atoms with Crippen molar-refractivity contribution in [2.24, 2.45) is 11.5 Å². The Bertz CT molecular complexity index is 659. The first-order valence-electron chi connectivity index (χ1n) is 5.98. The minimum Gasteiger partial charge on any atom is -0.508 e. The molecule has 6 N–H and O–H groups in total. The van der Waals surface area contributed by atoms with E-state index in [4.69, 9.17) is 34.7 Å². The molecular formula is C14H13Cl2FN2O2. The average Bonchev–Trinajstić information content (AvgIpc) is 2.36. The SMILES string of the molecule is NC(c1ccc(O)cc1F)C(N)c1c(Cl)cc(O)cc1Cl. The molecule has 0 aromatic heterocycles. The van der Waals surface area contributed by atoms with Crippen LogP contribution in [0.5, 0.6) is 11.5 Å². The molecule has 4 nitrogen and oxygen atoms in total. The zero-order valence-electron chi connectivity index (χ0n) is 10.7. The van der Waals surface area contributed by atoms with Crippen LogP contribution < -0.4 is 11.5 Å². The monoisotopic (exact) mass is 330 g/mol. The zero-order chi connectivity index (χ0) is 15.7. The van der Waals surface area contributed by atoms with Crippen LogP contribution in [0.2, 0.25) is 10.0 Å². The normalized spacial score (nSPS) is 14.0. The van der Waals surface area contributed by atoms with E-state index in [0.717, 1.165) is 6.07 Å². The molecule has 2 rings (SSSR count). The van der Waals surface area contributed by atoms with Gasteiger partial charge in [-0.2, -0.15) is 0 Å². The number of halogens is 3. The number of rotatable bonds is 3. The predicted octanol–water partition coefficient (Wildman–Crippen LogP) is 3.24. The van der Waals surface area contributed by atoms with Crippen LogP contribution in [0, 0.1) is 5.82 Å². The van der Waals surface area contributed by atoms with Crippen LogP contribution in [0.3, 0.4) is 0 Å². The van der Waals surface area contributed by atoms with Gasteiger partial charge in [0, 0.05) is 17.2 Å². The summed E-state index contributed by atoms with van der Waals surface area (Å²) in [4.78, 5) is 0. The fraction of sp³-hybridized carbons (Fsp3) is 0.143. The second kappa shape index (κ2) is 6.07. The lowest BCUT2D eigenvalue weighted by Crippen LogP contribution is -2.27. The maximum atomic E-state index is 13.8. The number of benzene rings is 2. The van der Waals surface area contributed by atoms with E-state index >= 15 is 0 Å². The van der Waals surface area contributed by atoms with Crippen molar-refractivity contribution in [1.82, 2.24) is 0 Å². The third kappa shape index (κ3) is 3.22. The topological polar surface area (TPSA) is 92.5 Å². The van der Waals surface area contributed by atoms with E-state index < -0.39 is 17.9 Å². The van der Waals surface area contributed by atoms with Gasteiger partial charge in [-0.15, -0.1) is 0 Å². The van der Waals surface area contributed by atoms with Crippen LogP contribution in [0.1, 0.15) is 23.2 Å². The van der Waals surface area contributed by atoms with Gasteiger partial charge >= 0.3 is 0 Å². The highest BCUT2D eigenvalue weighted by molar-refractivity contribution is 6.36. The summed E-state index contributed by atoms with van der Waals surface area (Å²) in [7, 11) is 0. The lowest BCUT2D eigenvalue weighted by Gasteiger charge is -2.23. The Labute approximate surface area is 130 Å². The molecule has 0 saturated carbocycles. The van der Waals surface area contributed by atoms with Crippen molar-refractivity contribution in [3.05, 3.63) is 57.3 Å². The van der Waals surface area contributed by atoms with Crippen molar-refractivity contribution in [3.8, 4) is 11.5 Å². The van der Waals surface area contributed by atoms with E-state index in [2.05, 4.69) is 0 Å². The van der Waals surface area contributed by atoms with Gasteiger partial charge in [0.05, 0.1) is 22.1 Å². The third-order valence-electron chi connectivity index (χ3n) is 3.13. The Morgan fingerprint density at radius 2 is 1.48 bits per heavy atom. The van der Waals surface area contributed by atoms with Gasteiger partial charge in [0.2, 0.25) is 0 Å². The molecule has 0 aliphatic heterocycles. The smallest absolute Gasteiger partial charge is 0.131 e. The van der Waals surface area contributed by atoms with Crippen molar-refractivity contribution in [2.45, 2.75) is 12.1 Å².